The van der Waals surface area contributed by atoms with E-state index in [4.69, 9.17) is 31.2 Å². The lowest BCUT2D eigenvalue weighted by atomic mass is 9.73. The standard InChI is InChI=1S/C26H36N2O8/c1-15(21(29)30)10-12-19(35-23(27)33)25(3,4)17-8-7-9-18(14-17)26(5,6)20(36-24(28)34)13-11-16(2)22(31)32/h7-11,14,19-20H,12-13H2,1-6H3,(H2,27,33)(H2,28,34)(H,29,30)(H,31,32). The van der Waals surface area contributed by atoms with Crippen molar-refractivity contribution in [2.75, 3.05) is 0 Å². The largest absolute Gasteiger partial charge is 0.478 e. The fraction of sp³-hybridized carbons (Fsp3) is 0.462. The van der Waals surface area contributed by atoms with E-state index in [9.17, 15) is 19.2 Å². The quantitative estimate of drug-likeness (QED) is 0.308. The molecule has 2 unspecified atom stereocenters. The number of benzene rings is 1. The topological polar surface area (TPSA) is 179 Å². The van der Waals surface area contributed by atoms with E-state index >= 15 is 0 Å². The van der Waals surface area contributed by atoms with Crippen LogP contribution >= 0.6 is 0 Å². The highest BCUT2D eigenvalue weighted by Crippen LogP contribution is 2.37. The van der Waals surface area contributed by atoms with Crippen LogP contribution in [-0.4, -0.2) is 46.5 Å². The predicted octanol–water partition coefficient (Wildman–Crippen LogP) is 4.01. The van der Waals surface area contributed by atoms with Gasteiger partial charge < -0.3 is 31.2 Å². The molecule has 2 amide bonds. The molecule has 0 radical (unpaired) electrons. The first-order chi connectivity index (χ1) is 16.5. The van der Waals surface area contributed by atoms with Gasteiger partial charge in [-0.3, -0.25) is 0 Å². The van der Waals surface area contributed by atoms with Crippen LogP contribution in [0.2, 0.25) is 0 Å². The molecule has 0 saturated carbocycles. The third kappa shape index (κ3) is 8.14. The number of hydrogen-bond acceptors (Lipinski definition) is 6. The van der Waals surface area contributed by atoms with Crippen molar-refractivity contribution in [2.24, 2.45) is 11.5 Å². The monoisotopic (exact) mass is 504 g/mol. The van der Waals surface area contributed by atoms with E-state index in [0.717, 1.165) is 11.1 Å². The number of aliphatic carboxylic acids is 2. The van der Waals surface area contributed by atoms with Gasteiger partial charge in [-0.05, 0) is 25.0 Å². The molecule has 0 saturated heterocycles. The number of carboxylic acid groups (broad SMARTS) is 2. The zero-order chi connectivity index (χ0) is 27.8. The summed E-state index contributed by atoms with van der Waals surface area (Å²) in [4.78, 5) is 45.6. The van der Waals surface area contributed by atoms with Crippen LogP contribution in [0.5, 0.6) is 0 Å². The van der Waals surface area contributed by atoms with Crippen molar-refractivity contribution in [1.29, 1.82) is 0 Å². The maximum atomic E-state index is 11.6. The highest BCUT2D eigenvalue weighted by Gasteiger charge is 2.37. The first-order valence-corrected chi connectivity index (χ1v) is 11.3. The Morgan fingerprint density at radius 1 is 0.806 bits per heavy atom. The minimum absolute atomic E-state index is 0.106. The zero-order valence-corrected chi connectivity index (χ0v) is 21.5. The smallest absolute Gasteiger partial charge is 0.404 e. The summed E-state index contributed by atoms with van der Waals surface area (Å²) < 4.78 is 10.7. The van der Waals surface area contributed by atoms with Crippen LogP contribution < -0.4 is 11.5 Å². The van der Waals surface area contributed by atoms with Gasteiger partial charge in [-0.1, -0.05) is 64.1 Å². The first-order valence-electron chi connectivity index (χ1n) is 11.3. The molecule has 0 aliphatic rings. The molecule has 0 fully saturated rings. The molecule has 0 bridgehead atoms. The number of rotatable bonds is 12. The molecule has 0 aliphatic carbocycles. The molecule has 1 aromatic carbocycles. The van der Waals surface area contributed by atoms with Crippen molar-refractivity contribution in [2.45, 2.75) is 77.4 Å². The van der Waals surface area contributed by atoms with Gasteiger partial charge in [-0.15, -0.1) is 0 Å². The van der Waals surface area contributed by atoms with Crippen LogP contribution in [0.15, 0.2) is 47.6 Å². The van der Waals surface area contributed by atoms with Crippen LogP contribution in [0.3, 0.4) is 0 Å². The van der Waals surface area contributed by atoms with E-state index in [1.165, 1.54) is 26.0 Å². The maximum Gasteiger partial charge on any atom is 0.404 e. The second-order valence-corrected chi connectivity index (χ2v) is 9.73. The van der Waals surface area contributed by atoms with E-state index in [0.29, 0.717) is 0 Å². The number of hydrogen-bond donors (Lipinski definition) is 4. The number of primary amides is 2. The molecule has 0 spiro atoms. The van der Waals surface area contributed by atoms with E-state index < -0.39 is 47.2 Å². The molecule has 10 heteroatoms. The summed E-state index contributed by atoms with van der Waals surface area (Å²) in [5, 5.41) is 18.3. The summed E-state index contributed by atoms with van der Waals surface area (Å²) in [5.74, 6) is -2.16. The number of carbonyl (C=O) groups excluding carboxylic acids is 2. The fourth-order valence-electron chi connectivity index (χ4n) is 3.70. The summed E-state index contributed by atoms with van der Waals surface area (Å²) >= 11 is 0. The van der Waals surface area contributed by atoms with Crippen LogP contribution in [0, 0.1) is 0 Å². The molecule has 0 aliphatic heterocycles. The summed E-state index contributed by atoms with van der Waals surface area (Å²) in [6, 6.07) is 7.34. The molecule has 36 heavy (non-hydrogen) atoms. The minimum Gasteiger partial charge on any atom is -0.478 e. The molecule has 1 rings (SSSR count). The zero-order valence-electron chi connectivity index (χ0n) is 21.5. The Balaban J connectivity index is 3.46. The molecule has 2 atom stereocenters. The van der Waals surface area contributed by atoms with E-state index in [2.05, 4.69) is 0 Å². The summed E-state index contributed by atoms with van der Waals surface area (Å²) in [6.45, 7) is 10.2. The van der Waals surface area contributed by atoms with Crippen LogP contribution in [0.25, 0.3) is 0 Å². The number of amides is 2. The normalized spacial score (nSPS) is 14.5. The molecule has 0 aromatic heterocycles. The molecule has 10 nitrogen and oxygen atoms in total. The van der Waals surface area contributed by atoms with E-state index in [1.54, 1.807) is 6.07 Å². The van der Waals surface area contributed by atoms with Crippen molar-refractivity contribution in [3.05, 3.63) is 58.7 Å². The molecule has 6 N–H and O–H groups in total. The molecular formula is C26H36N2O8. The highest BCUT2D eigenvalue weighted by molar-refractivity contribution is 5.86. The minimum atomic E-state index is -1.08. The van der Waals surface area contributed by atoms with Gasteiger partial charge in [-0.2, -0.15) is 0 Å². The second kappa shape index (κ2) is 12.2. The van der Waals surface area contributed by atoms with Crippen LogP contribution in [-0.2, 0) is 29.9 Å². The number of carboxylic acids is 2. The Kier molecular flexibility index (Phi) is 10.3. The molecule has 0 heterocycles. The highest BCUT2D eigenvalue weighted by atomic mass is 16.6. The molecule has 198 valence electrons. The average Bonchev–Trinajstić information content (AvgIpc) is 2.78. The lowest BCUT2D eigenvalue weighted by Crippen LogP contribution is -2.40. The lowest BCUT2D eigenvalue weighted by molar-refractivity contribution is -0.133. The maximum absolute atomic E-state index is 11.6. The van der Waals surface area contributed by atoms with Gasteiger partial charge >= 0.3 is 24.1 Å². The Morgan fingerprint density at radius 2 is 1.14 bits per heavy atom. The SMILES string of the molecule is CC(=CCC(OC(N)=O)C(C)(C)c1cccc(C(C)(C)C(CC=C(C)C(=O)O)OC(N)=O)c1)C(=O)O. The van der Waals surface area contributed by atoms with Crippen molar-refractivity contribution in [1.82, 2.24) is 0 Å². The second-order valence-electron chi connectivity index (χ2n) is 9.73. The van der Waals surface area contributed by atoms with Gasteiger partial charge in [0, 0.05) is 34.8 Å². The summed E-state index contributed by atoms with van der Waals surface area (Å²) in [7, 11) is 0. The Morgan fingerprint density at radius 3 is 1.42 bits per heavy atom. The van der Waals surface area contributed by atoms with Gasteiger partial charge in [0.15, 0.2) is 0 Å². The third-order valence-electron chi connectivity index (χ3n) is 6.43. The van der Waals surface area contributed by atoms with Crippen molar-refractivity contribution >= 4 is 24.1 Å². The van der Waals surface area contributed by atoms with Crippen molar-refractivity contribution in [3.8, 4) is 0 Å². The first kappa shape index (κ1) is 30.2. The lowest BCUT2D eigenvalue weighted by Gasteiger charge is -2.37. The molecule has 1 aromatic rings. The summed E-state index contributed by atoms with van der Waals surface area (Å²) in [6.07, 6.45) is -0.340. The average molecular weight is 505 g/mol. The number of nitrogens with two attached hydrogens (primary N) is 2. The summed E-state index contributed by atoms with van der Waals surface area (Å²) in [5.41, 5.74) is 10.7. The predicted molar refractivity (Wildman–Crippen MR) is 133 cm³/mol. The third-order valence-corrected chi connectivity index (χ3v) is 6.43. The van der Waals surface area contributed by atoms with Crippen molar-refractivity contribution < 1.29 is 38.9 Å². The fourth-order valence-corrected chi connectivity index (χ4v) is 3.70. The van der Waals surface area contributed by atoms with Gasteiger partial charge in [0.1, 0.15) is 12.2 Å². The van der Waals surface area contributed by atoms with Gasteiger partial charge in [0.2, 0.25) is 0 Å². The van der Waals surface area contributed by atoms with Crippen molar-refractivity contribution in [3.63, 3.8) is 0 Å². The number of carbonyl (C=O) groups is 4. The Labute approximate surface area is 210 Å². The molecular weight excluding hydrogens is 468 g/mol. The van der Waals surface area contributed by atoms with Gasteiger partial charge in [-0.25, -0.2) is 19.2 Å². The van der Waals surface area contributed by atoms with E-state index in [-0.39, 0.29) is 24.0 Å². The Bertz CT molecular complexity index is 977. The van der Waals surface area contributed by atoms with Crippen LogP contribution in [0.4, 0.5) is 9.59 Å². The van der Waals surface area contributed by atoms with Crippen LogP contribution in [0.1, 0.15) is 65.5 Å². The van der Waals surface area contributed by atoms with Gasteiger partial charge in [0.25, 0.3) is 0 Å². The van der Waals surface area contributed by atoms with E-state index in [1.807, 2.05) is 45.9 Å². The Hall–Kier alpha value is -3.82. The van der Waals surface area contributed by atoms with Gasteiger partial charge in [0.05, 0.1) is 0 Å². The number of ether oxygens (including phenoxy) is 2.